The molecule has 2 aromatic carbocycles. The Morgan fingerprint density at radius 1 is 1.18 bits per heavy atom. The fourth-order valence-corrected chi connectivity index (χ4v) is 2.54. The molecule has 0 aliphatic carbocycles. The van der Waals surface area contributed by atoms with E-state index in [2.05, 4.69) is 11.9 Å². The maximum atomic E-state index is 10.9. The lowest BCUT2D eigenvalue weighted by Gasteiger charge is -2.06. The van der Waals surface area contributed by atoms with Crippen molar-refractivity contribution >= 4 is 17.7 Å². The molecule has 3 nitrogen and oxygen atoms in total. The number of ether oxygens (including phenoxy) is 1. The maximum absolute atomic E-state index is 10.9. The van der Waals surface area contributed by atoms with E-state index in [1.54, 1.807) is 0 Å². The van der Waals surface area contributed by atoms with Crippen molar-refractivity contribution < 1.29 is 9.53 Å². The largest absolute Gasteiger partial charge is 0.494 e. The van der Waals surface area contributed by atoms with Crippen LogP contribution >= 0.6 is 0 Å². The van der Waals surface area contributed by atoms with Gasteiger partial charge in [0, 0.05) is 12.0 Å². The molecule has 1 aliphatic rings. The van der Waals surface area contributed by atoms with E-state index in [1.165, 1.54) is 0 Å². The van der Waals surface area contributed by atoms with Gasteiger partial charge in [0.05, 0.1) is 18.0 Å². The molecule has 0 fully saturated rings. The molecule has 3 rings (SSSR count). The summed E-state index contributed by atoms with van der Waals surface area (Å²) in [5, 5.41) is 0. The third kappa shape index (κ3) is 3.08. The summed E-state index contributed by atoms with van der Waals surface area (Å²) in [6.07, 6.45) is 3.85. The highest BCUT2D eigenvalue weighted by Gasteiger charge is 2.16. The molecule has 3 heteroatoms. The Morgan fingerprint density at radius 2 is 2.00 bits per heavy atom. The predicted octanol–water partition coefficient (Wildman–Crippen LogP) is 4.35. The standard InChI is InChI=1S/C19H19NO2/c1-2-3-10-22-17-7-5-15(6-8-17)19-12-16-11-14(13-21)4-9-18(16)20-19/h4-9,11,13H,2-3,10,12H2,1H3. The number of carbonyl (C=O) groups is 1. The second-order valence-electron chi connectivity index (χ2n) is 5.47. The number of carbonyl (C=O) groups excluding carboxylic acids is 1. The van der Waals surface area contributed by atoms with Crippen LogP contribution in [0.15, 0.2) is 47.5 Å². The summed E-state index contributed by atoms with van der Waals surface area (Å²) in [7, 11) is 0. The van der Waals surface area contributed by atoms with Crippen LogP contribution in [-0.2, 0) is 6.42 Å². The summed E-state index contributed by atoms with van der Waals surface area (Å²) in [5.74, 6) is 0.900. The smallest absolute Gasteiger partial charge is 0.150 e. The lowest BCUT2D eigenvalue weighted by Crippen LogP contribution is -2.01. The van der Waals surface area contributed by atoms with Gasteiger partial charge in [-0.3, -0.25) is 9.79 Å². The first kappa shape index (κ1) is 14.5. The third-order valence-electron chi connectivity index (χ3n) is 3.81. The molecule has 0 aromatic heterocycles. The number of hydrogen-bond donors (Lipinski definition) is 0. The number of fused-ring (bicyclic) bond motifs is 1. The zero-order chi connectivity index (χ0) is 15.4. The topological polar surface area (TPSA) is 38.7 Å². The zero-order valence-electron chi connectivity index (χ0n) is 12.7. The molecule has 0 saturated heterocycles. The number of nitrogens with zero attached hydrogens (tertiary/aromatic N) is 1. The van der Waals surface area contributed by atoms with Crippen molar-refractivity contribution in [2.24, 2.45) is 4.99 Å². The predicted molar refractivity (Wildman–Crippen MR) is 88.6 cm³/mol. The summed E-state index contributed by atoms with van der Waals surface area (Å²) in [6.45, 7) is 2.91. The van der Waals surface area contributed by atoms with E-state index < -0.39 is 0 Å². The number of aldehydes is 1. The molecular formula is C19H19NO2. The van der Waals surface area contributed by atoms with Gasteiger partial charge in [-0.25, -0.2) is 0 Å². The van der Waals surface area contributed by atoms with E-state index in [1.807, 2.05) is 42.5 Å². The molecule has 1 aliphatic heterocycles. The average Bonchev–Trinajstić information content (AvgIpc) is 2.98. The van der Waals surface area contributed by atoms with Crippen LogP contribution in [0.5, 0.6) is 5.75 Å². The second kappa shape index (κ2) is 6.56. The van der Waals surface area contributed by atoms with Gasteiger partial charge in [0.25, 0.3) is 0 Å². The highest BCUT2D eigenvalue weighted by molar-refractivity contribution is 6.06. The number of aliphatic imine (C=N–C) groups is 1. The molecule has 0 unspecified atom stereocenters. The van der Waals surface area contributed by atoms with E-state index in [0.29, 0.717) is 5.56 Å². The van der Waals surface area contributed by atoms with E-state index in [0.717, 1.165) is 60.4 Å². The summed E-state index contributed by atoms with van der Waals surface area (Å²) < 4.78 is 5.68. The van der Waals surface area contributed by atoms with Crippen molar-refractivity contribution in [1.29, 1.82) is 0 Å². The van der Waals surface area contributed by atoms with Gasteiger partial charge in [-0.05, 0) is 60.0 Å². The molecule has 0 spiro atoms. The zero-order valence-corrected chi connectivity index (χ0v) is 12.7. The van der Waals surface area contributed by atoms with Gasteiger partial charge in [-0.15, -0.1) is 0 Å². The van der Waals surface area contributed by atoms with Crippen molar-refractivity contribution in [3.63, 3.8) is 0 Å². The van der Waals surface area contributed by atoms with Crippen LogP contribution in [0.3, 0.4) is 0 Å². The first-order valence-electron chi connectivity index (χ1n) is 7.69. The fourth-order valence-electron chi connectivity index (χ4n) is 2.54. The summed E-state index contributed by atoms with van der Waals surface area (Å²) >= 11 is 0. The van der Waals surface area contributed by atoms with Crippen molar-refractivity contribution in [2.45, 2.75) is 26.2 Å². The number of benzene rings is 2. The quantitative estimate of drug-likeness (QED) is 0.586. The van der Waals surface area contributed by atoms with E-state index in [4.69, 9.17) is 4.74 Å². The number of hydrogen-bond acceptors (Lipinski definition) is 3. The number of unbranched alkanes of at least 4 members (excludes halogenated alkanes) is 1. The Balaban J connectivity index is 1.72. The molecule has 0 N–H and O–H groups in total. The Morgan fingerprint density at radius 3 is 2.73 bits per heavy atom. The highest BCUT2D eigenvalue weighted by Crippen LogP contribution is 2.29. The average molecular weight is 293 g/mol. The highest BCUT2D eigenvalue weighted by atomic mass is 16.5. The van der Waals surface area contributed by atoms with Gasteiger partial charge >= 0.3 is 0 Å². The minimum absolute atomic E-state index is 0.704. The monoisotopic (exact) mass is 293 g/mol. The van der Waals surface area contributed by atoms with Gasteiger partial charge in [0.15, 0.2) is 0 Å². The van der Waals surface area contributed by atoms with Gasteiger partial charge in [0.2, 0.25) is 0 Å². The van der Waals surface area contributed by atoms with Gasteiger partial charge in [0.1, 0.15) is 12.0 Å². The molecule has 0 saturated carbocycles. The van der Waals surface area contributed by atoms with Crippen LogP contribution in [0.2, 0.25) is 0 Å². The van der Waals surface area contributed by atoms with Crippen molar-refractivity contribution in [3.05, 3.63) is 59.2 Å². The Labute approximate surface area is 130 Å². The Bertz CT molecular complexity index is 702. The molecule has 0 atom stereocenters. The Hall–Kier alpha value is -2.42. The molecule has 112 valence electrons. The van der Waals surface area contributed by atoms with Gasteiger partial charge < -0.3 is 4.74 Å². The fraction of sp³-hybridized carbons (Fsp3) is 0.263. The summed E-state index contributed by atoms with van der Waals surface area (Å²) in [5.41, 5.74) is 4.92. The van der Waals surface area contributed by atoms with Crippen LogP contribution < -0.4 is 4.74 Å². The number of rotatable bonds is 6. The van der Waals surface area contributed by atoms with Gasteiger partial charge in [-0.2, -0.15) is 0 Å². The third-order valence-corrected chi connectivity index (χ3v) is 3.81. The van der Waals surface area contributed by atoms with Crippen LogP contribution in [-0.4, -0.2) is 18.6 Å². The SMILES string of the molecule is CCCCOc1ccc(C2=Nc3ccc(C=O)cc3C2)cc1. The lowest BCUT2D eigenvalue weighted by molar-refractivity contribution is 0.112. The van der Waals surface area contributed by atoms with Crippen LogP contribution in [0, 0.1) is 0 Å². The van der Waals surface area contributed by atoms with Gasteiger partial charge in [-0.1, -0.05) is 13.3 Å². The minimum Gasteiger partial charge on any atom is -0.494 e. The van der Waals surface area contributed by atoms with Crippen LogP contribution in [0.1, 0.15) is 41.3 Å². The second-order valence-corrected chi connectivity index (χ2v) is 5.47. The molecular weight excluding hydrogens is 274 g/mol. The minimum atomic E-state index is 0.704. The van der Waals surface area contributed by atoms with E-state index in [9.17, 15) is 4.79 Å². The molecule has 22 heavy (non-hydrogen) atoms. The lowest BCUT2D eigenvalue weighted by atomic mass is 10.0. The summed E-state index contributed by atoms with van der Waals surface area (Å²) in [6, 6.07) is 13.7. The molecule has 1 heterocycles. The van der Waals surface area contributed by atoms with E-state index in [-0.39, 0.29) is 0 Å². The van der Waals surface area contributed by atoms with Crippen LogP contribution in [0.25, 0.3) is 0 Å². The normalized spacial score (nSPS) is 12.7. The first-order chi connectivity index (χ1) is 10.8. The van der Waals surface area contributed by atoms with Crippen LogP contribution in [0.4, 0.5) is 5.69 Å². The maximum Gasteiger partial charge on any atom is 0.150 e. The summed E-state index contributed by atoms with van der Waals surface area (Å²) in [4.78, 5) is 15.5. The van der Waals surface area contributed by atoms with Crippen molar-refractivity contribution in [2.75, 3.05) is 6.61 Å². The molecule has 0 radical (unpaired) electrons. The molecule has 0 bridgehead atoms. The first-order valence-corrected chi connectivity index (χ1v) is 7.69. The Kier molecular flexibility index (Phi) is 4.33. The van der Waals surface area contributed by atoms with E-state index >= 15 is 0 Å². The van der Waals surface area contributed by atoms with Crippen molar-refractivity contribution in [1.82, 2.24) is 0 Å². The molecule has 0 amide bonds. The van der Waals surface area contributed by atoms with Crippen molar-refractivity contribution in [3.8, 4) is 5.75 Å². The molecule has 2 aromatic rings.